The maximum absolute atomic E-state index is 11.1. The molecule has 20 heavy (non-hydrogen) atoms. The Balaban J connectivity index is 2.45. The zero-order valence-corrected chi connectivity index (χ0v) is 10.2. The Morgan fingerprint density at radius 3 is 2.30 bits per heavy atom. The number of aromatic nitrogens is 1. The van der Waals surface area contributed by atoms with Crippen LogP contribution in [-0.4, -0.2) is 27.1 Å². The maximum atomic E-state index is 11.1. The molecule has 1 aromatic heterocycles. The van der Waals surface area contributed by atoms with Crippen molar-refractivity contribution in [2.45, 2.75) is 0 Å². The van der Waals surface area contributed by atoms with E-state index in [4.69, 9.17) is 10.2 Å². The van der Waals surface area contributed by atoms with Gasteiger partial charge in [-0.3, -0.25) is 0 Å². The number of carboxylic acid groups (broad SMARTS) is 2. The van der Waals surface area contributed by atoms with Crippen molar-refractivity contribution in [3.8, 4) is 11.8 Å². The molecule has 2 rings (SSSR count). The van der Waals surface area contributed by atoms with E-state index in [-0.39, 0.29) is 16.8 Å². The molecule has 0 fully saturated rings. The molecule has 0 spiro atoms. The van der Waals surface area contributed by atoms with E-state index in [1.54, 1.807) is 12.1 Å². The molecule has 2 N–H and O–H groups in total. The van der Waals surface area contributed by atoms with Crippen molar-refractivity contribution in [1.29, 1.82) is 0 Å². The van der Waals surface area contributed by atoms with E-state index >= 15 is 0 Å². The summed E-state index contributed by atoms with van der Waals surface area (Å²) in [6.45, 7) is 0. The van der Waals surface area contributed by atoms with Gasteiger partial charge in [-0.2, -0.15) is 0 Å². The van der Waals surface area contributed by atoms with Gasteiger partial charge in [0.1, 0.15) is 5.69 Å². The molecule has 1 aromatic carbocycles. The summed E-state index contributed by atoms with van der Waals surface area (Å²) in [6, 6.07) is 10.1. The standard InChI is InChI=1S/C15H9NO4/c17-14(18)11-8-12(15(19)20)13(16-9-11)7-6-10-4-2-1-3-5-10/h1-5,8-9H,(H,17,18)(H,19,20). The number of rotatable bonds is 2. The van der Waals surface area contributed by atoms with E-state index < -0.39 is 11.9 Å². The number of carbonyl (C=O) groups is 2. The minimum Gasteiger partial charge on any atom is -0.478 e. The van der Waals surface area contributed by atoms with Gasteiger partial charge in [-0.1, -0.05) is 24.1 Å². The van der Waals surface area contributed by atoms with Crippen LogP contribution in [0.2, 0.25) is 0 Å². The van der Waals surface area contributed by atoms with Gasteiger partial charge in [-0.05, 0) is 24.1 Å². The number of hydrogen-bond acceptors (Lipinski definition) is 3. The highest BCUT2D eigenvalue weighted by molar-refractivity contribution is 5.94. The lowest BCUT2D eigenvalue weighted by molar-refractivity contribution is 0.0695. The summed E-state index contributed by atoms with van der Waals surface area (Å²) >= 11 is 0. The summed E-state index contributed by atoms with van der Waals surface area (Å²) in [5, 5.41) is 17.9. The third-order valence-corrected chi connectivity index (χ3v) is 2.46. The molecule has 2 aromatic rings. The first-order valence-electron chi connectivity index (χ1n) is 5.61. The summed E-state index contributed by atoms with van der Waals surface area (Å²) in [5.41, 5.74) is 0.334. The quantitative estimate of drug-likeness (QED) is 0.811. The van der Waals surface area contributed by atoms with Crippen LogP contribution >= 0.6 is 0 Å². The lowest BCUT2D eigenvalue weighted by Gasteiger charge is -2.00. The molecule has 0 radical (unpaired) electrons. The molecule has 0 unspecified atom stereocenters. The van der Waals surface area contributed by atoms with Crippen molar-refractivity contribution in [2.75, 3.05) is 0 Å². The molecule has 0 aliphatic rings. The molecular formula is C15H9NO4. The third kappa shape index (κ3) is 3.00. The molecular weight excluding hydrogens is 258 g/mol. The summed E-state index contributed by atoms with van der Waals surface area (Å²) in [5.74, 6) is 2.92. The number of pyridine rings is 1. The van der Waals surface area contributed by atoms with Crippen LogP contribution in [0.3, 0.4) is 0 Å². The number of nitrogens with zero attached hydrogens (tertiary/aromatic N) is 1. The van der Waals surface area contributed by atoms with Crippen LogP contribution in [-0.2, 0) is 0 Å². The van der Waals surface area contributed by atoms with Crippen LogP contribution in [0.5, 0.6) is 0 Å². The first-order valence-corrected chi connectivity index (χ1v) is 5.61. The van der Waals surface area contributed by atoms with Gasteiger partial charge < -0.3 is 10.2 Å². The lowest BCUT2D eigenvalue weighted by Crippen LogP contribution is -2.06. The minimum absolute atomic E-state index is 0.0337. The second-order valence-corrected chi connectivity index (χ2v) is 3.85. The smallest absolute Gasteiger partial charge is 0.338 e. The Morgan fingerprint density at radius 2 is 1.70 bits per heavy atom. The summed E-state index contributed by atoms with van der Waals surface area (Å²) in [4.78, 5) is 25.7. The van der Waals surface area contributed by atoms with Crippen LogP contribution in [0.1, 0.15) is 32.0 Å². The van der Waals surface area contributed by atoms with Crippen molar-refractivity contribution in [2.24, 2.45) is 0 Å². The summed E-state index contributed by atoms with van der Waals surface area (Å²) in [7, 11) is 0. The fourth-order valence-electron chi connectivity index (χ4n) is 1.50. The Kier molecular flexibility index (Phi) is 3.77. The first-order chi connectivity index (χ1) is 9.58. The van der Waals surface area contributed by atoms with Crippen LogP contribution < -0.4 is 0 Å². The van der Waals surface area contributed by atoms with E-state index in [2.05, 4.69) is 16.8 Å². The van der Waals surface area contributed by atoms with E-state index in [1.807, 2.05) is 18.2 Å². The first kappa shape index (κ1) is 13.3. The van der Waals surface area contributed by atoms with Gasteiger partial charge in [0.25, 0.3) is 0 Å². The van der Waals surface area contributed by atoms with Crippen LogP contribution in [0, 0.1) is 11.8 Å². The monoisotopic (exact) mass is 267 g/mol. The van der Waals surface area contributed by atoms with E-state index in [0.717, 1.165) is 12.3 Å². The average molecular weight is 267 g/mol. The fraction of sp³-hybridized carbons (Fsp3) is 0. The summed E-state index contributed by atoms with van der Waals surface area (Å²) in [6.07, 6.45) is 1.09. The molecule has 0 aliphatic carbocycles. The van der Waals surface area contributed by atoms with Crippen LogP contribution in [0.15, 0.2) is 42.6 Å². The van der Waals surface area contributed by atoms with Gasteiger partial charge in [0.15, 0.2) is 0 Å². The van der Waals surface area contributed by atoms with Crippen LogP contribution in [0.4, 0.5) is 0 Å². The number of hydrogen-bond donors (Lipinski definition) is 2. The Hall–Kier alpha value is -3.13. The van der Waals surface area contributed by atoms with E-state index in [9.17, 15) is 9.59 Å². The topological polar surface area (TPSA) is 87.5 Å². The Morgan fingerprint density at radius 1 is 1.00 bits per heavy atom. The molecule has 0 bridgehead atoms. The van der Waals surface area contributed by atoms with Crippen molar-refractivity contribution >= 4 is 11.9 Å². The second kappa shape index (κ2) is 5.67. The third-order valence-electron chi connectivity index (χ3n) is 2.46. The maximum Gasteiger partial charge on any atom is 0.338 e. The zero-order valence-electron chi connectivity index (χ0n) is 10.2. The highest BCUT2D eigenvalue weighted by atomic mass is 16.4. The van der Waals surface area contributed by atoms with E-state index in [1.165, 1.54) is 0 Å². The molecule has 5 nitrogen and oxygen atoms in total. The normalized spacial score (nSPS) is 9.40. The predicted molar refractivity (Wildman–Crippen MR) is 70.6 cm³/mol. The molecule has 0 saturated heterocycles. The predicted octanol–water partition coefficient (Wildman–Crippen LogP) is 1.88. The molecule has 1 heterocycles. The van der Waals surface area contributed by atoms with Gasteiger partial charge in [0.05, 0.1) is 11.1 Å². The van der Waals surface area contributed by atoms with Crippen molar-refractivity contribution in [1.82, 2.24) is 4.98 Å². The Labute approximate surface area is 114 Å². The van der Waals surface area contributed by atoms with Crippen molar-refractivity contribution in [3.63, 3.8) is 0 Å². The molecule has 0 atom stereocenters. The highest BCUT2D eigenvalue weighted by Crippen LogP contribution is 2.09. The lowest BCUT2D eigenvalue weighted by atomic mass is 10.1. The number of aromatic carboxylic acids is 2. The average Bonchev–Trinajstić information content (AvgIpc) is 2.45. The van der Waals surface area contributed by atoms with Gasteiger partial charge in [-0.25, -0.2) is 14.6 Å². The summed E-state index contributed by atoms with van der Waals surface area (Å²) < 4.78 is 0. The number of carboxylic acids is 2. The van der Waals surface area contributed by atoms with E-state index in [0.29, 0.717) is 5.56 Å². The highest BCUT2D eigenvalue weighted by Gasteiger charge is 2.14. The van der Waals surface area contributed by atoms with Crippen molar-refractivity contribution in [3.05, 3.63) is 65.0 Å². The largest absolute Gasteiger partial charge is 0.478 e. The molecule has 0 aliphatic heterocycles. The van der Waals surface area contributed by atoms with Gasteiger partial charge in [-0.15, -0.1) is 0 Å². The molecule has 0 saturated carbocycles. The number of benzene rings is 1. The zero-order chi connectivity index (χ0) is 14.5. The van der Waals surface area contributed by atoms with Crippen molar-refractivity contribution < 1.29 is 19.8 Å². The Bertz CT molecular complexity index is 727. The molecule has 5 heteroatoms. The van der Waals surface area contributed by atoms with Gasteiger partial charge >= 0.3 is 11.9 Å². The molecule has 0 amide bonds. The second-order valence-electron chi connectivity index (χ2n) is 3.85. The SMILES string of the molecule is O=C(O)c1cnc(C#Cc2ccccc2)c(C(=O)O)c1. The minimum atomic E-state index is -1.27. The van der Waals surface area contributed by atoms with Crippen LogP contribution in [0.25, 0.3) is 0 Å². The fourth-order valence-corrected chi connectivity index (χ4v) is 1.50. The van der Waals surface area contributed by atoms with Gasteiger partial charge in [0.2, 0.25) is 0 Å². The van der Waals surface area contributed by atoms with Gasteiger partial charge in [0, 0.05) is 11.8 Å². The molecule has 98 valence electrons.